The van der Waals surface area contributed by atoms with Crippen molar-refractivity contribution >= 4 is 11.4 Å². The van der Waals surface area contributed by atoms with Gasteiger partial charge in [0.05, 0.1) is 11.0 Å². The van der Waals surface area contributed by atoms with Gasteiger partial charge in [0.1, 0.15) is 5.69 Å². The van der Waals surface area contributed by atoms with E-state index < -0.39 is 0 Å². The monoisotopic (exact) mass is 250 g/mol. The van der Waals surface area contributed by atoms with Crippen molar-refractivity contribution in [2.75, 3.05) is 38.1 Å². The Morgan fingerprint density at radius 3 is 2.83 bits per heavy atom. The molecule has 0 spiro atoms. The molecule has 0 aromatic heterocycles. The molecule has 1 atom stereocenters. The number of nitrogens with two attached hydrogens (primary N) is 1. The highest BCUT2D eigenvalue weighted by atomic mass is 16.6. The first-order chi connectivity index (χ1) is 8.63. The molecule has 1 aromatic rings. The zero-order chi connectivity index (χ0) is 13.1. The van der Waals surface area contributed by atoms with E-state index in [1.54, 1.807) is 18.2 Å². The number of hydrogen-bond acceptors (Lipinski definition) is 5. The molecule has 18 heavy (non-hydrogen) atoms. The Hall–Kier alpha value is -1.66. The van der Waals surface area contributed by atoms with Crippen LogP contribution in [0.5, 0.6) is 0 Å². The Morgan fingerprint density at radius 2 is 2.17 bits per heavy atom. The van der Waals surface area contributed by atoms with Crippen molar-refractivity contribution in [3.05, 3.63) is 34.4 Å². The van der Waals surface area contributed by atoms with E-state index in [2.05, 4.69) is 9.80 Å². The van der Waals surface area contributed by atoms with Crippen LogP contribution in [0, 0.1) is 10.1 Å². The fourth-order valence-electron chi connectivity index (χ4n) is 2.39. The zero-order valence-electron chi connectivity index (χ0n) is 10.5. The van der Waals surface area contributed by atoms with Crippen molar-refractivity contribution < 1.29 is 4.92 Å². The summed E-state index contributed by atoms with van der Waals surface area (Å²) in [5, 5.41) is 11.1. The topological polar surface area (TPSA) is 75.6 Å². The second kappa shape index (κ2) is 5.32. The van der Waals surface area contributed by atoms with Gasteiger partial charge in [0, 0.05) is 32.2 Å². The summed E-state index contributed by atoms with van der Waals surface area (Å²) in [5.41, 5.74) is 6.61. The van der Waals surface area contributed by atoms with Gasteiger partial charge < -0.3 is 15.5 Å². The van der Waals surface area contributed by atoms with Crippen LogP contribution in [0.1, 0.15) is 0 Å². The molecule has 0 aliphatic carbocycles. The number of likely N-dealkylation sites (N-methyl/N-ethyl adjacent to an activating group) is 1. The maximum Gasteiger partial charge on any atom is 0.292 e. The summed E-state index contributed by atoms with van der Waals surface area (Å²) in [6.07, 6.45) is 0. The molecular weight excluding hydrogens is 232 g/mol. The van der Waals surface area contributed by atoms with Gasteiger partial charge in [-0.25, -0.2) is 0 Å². The number of benzene rings is 1. The second-order valence-electron chi connectivity index (χ2n) is 4.59. The van der Waals surface area contributed by atoms with Crippen LogP contribution in [-0.4, -0.2) is 49.1 Å². The zero-order valence-corrected chi connectivity index (χ0v) is 10.5. The van der Waals surface area contributed by atoms with Crippen LogP contribution in [-0.2, 0) is 0 Å². The van der Waals surface area contributed by atoms with Gasteiger partial charge in [-0.05, 0) is 13.1 Å². The van der Waals surface area contributed by atoms with Crippen LogP contribution in [0.4, 0.5) is 11.4 Å². The summed E-state index contributed by atoms with van der Waals surface area (Å²) in [4.78, 5) is 15.0. The van der Waals surface area contributed by atoms with Crippen molar-refractivity contribution in [3.63, 3.8) is 0 Å². The highest BCUT2D eigenvalue weighted by Crippen LogP contribution is 2.30. The lowest BCUT2D eigenvalue weighted by Gasteiger charge is -2.40. The molecule has 0 radical (unpaired) electrons. The fourth-order valence-corrected chi connectivity index (χ4v) is 2.39. The number of anilines is 1. The van der Waals surface area contributed by atoms with Gasteiger partial charge in [-0.15, -0.1) is 0 Å². The number of hydrogen-bond donors (Lipinski definition) is 1. The third-order valence-electron chi connectivity index (χ3n) is 3.35. The largest absolute Gasteiger partial charge is 0.359 e. The molecule has 1 aliphatic heterocycles. The lowest BCUT2D eigenvalue weighted by atomic mass is 10.1. The van der Waals surface area contributed by atoms with Crippen LogP contribution in [0.3, 0.4) is 0 Å². The van der Waals surface area contributed by atoms with E-state index in [1.165, 1.54) is 0 Å². The predicted molar refractivity (Wildman–Crippen MR) is 70.8 cm³/mol. The molecule has 98 valence electrons. The number of piperazine rings is 1. The molecule has 1 fully saturated rings. The molecule has 1 aromatic carbocycles. The van der Waals surface area contributed by atoms with Gasteiger partial charge in [-0.2, -0.15) is 0 Å². The number of nitro benzene ring substituents is 1. The van der Waals surface area contributed by atoms with Crippen molar-refractivity contribution in [2.45, 2.75) is 6.04 Å². The van der Waals surface area contributed by atoms with E-state index in [4.69, 9.17) is 5.73 Å². The minimum absolute atomic E-state index is 0.129. The summed E-state index contributed by atoms with van der Waals surface area (Å²) in [6.45, 7) is 2.99. The quantitative estimate of drug-likeness (QED) is 0.630. The van der Waals surface area contributed by atoms with Gasteiger partial charge >= 0.3 is 0 Å². The molecule has 0 bridgehead atoms. The molecule has 1 heterocycles. The van der Waals surface area contributed by atoms with Gasteiger partial charge in [0.15, 0.2) is 0 Å². The lowest BCUT2D eigenvalue weighted by Crippen LogP contribution is -2.55. The SMILES string of the molecule is CN1CCN(c2ccccc2[N+](=O)[O-])C(CN)C1. The first-order valence-corrected chi connectivity index (χ1v) is 6.02. The van der Waals surface area contributed by atoms with Crippen LogP contribution < -0.4 is 10.6 Å². The highest BCUT2D eigenvalue weighted by Gasteiger charge is 2.28. The van der Waals surface area contributed by atoms with Crippen molar-refractivity contribution in [1.82, 2.24) is 4.90 Å². The first-order valence-electron chi connectivity index (χ1n) is 6.02. The molecule has 0 amide bonds. The second-order valence-corrected chi connectivity index (χ2v) is 4.59. The molecule has 6 heteroatoms. The van der Waals surface area contributed by atoms with Gasteiger partial charge in [0.25, 0.3) is 5.69 Å². The Morgan fingerprint density at radius 1 is 1.44 bits per heavy atom. The Labute approximate surface area is 106 Å². The van der Waals surface area contributed by atoms with Crippen LogP contribution >= 0.6 is 0 Å². The normalized spacial score (nSPS) is 21.0. The Bertz CT molecular complexity index is 438. The van der Waals surface area contributed by atoms with E-state index in [9.17, 15) is 10.1 Å². The van der Waals surface area contributed by atoms with Crippen molar-refractivity contribution in [2.24, 2.45) is 5.73 Å². The molecule has 1 unspecified atom stereocenters. The van der Waals surface area contributed by atoms with E-state index in [0.717, 1.165) is 19.6 Å². The first kappa shape index (κ1) is 12.8. The van der Waals surface area contributed by atoms with E-state index in [1.807, 2.05) is 13.1 Å². The fraction of sp³-hybridized carbons (Fsp3) is 0.500. The van der Waals surface area contributed by atoms with E-state index in [-0.39, 0.29) is 16.7 Å². The summed E-state index contributed by atoms with van der Waals surface area (Å²) in [5.74, 6) is 0. The summed E-state index contributed by atoms with van der Waals surface area (Å²) >= 11 is 0. The number of nitrogens with zero attached hydrogens (tertiary/aromatic N) is 3. The minimum Gasteiger partial charge on any atom is -0.359 e. The third kappa shape index (κ3) is 2.44. The van der Waals surface area contributed by atoms with Gasteiger partial charge in [0.2, 0.25) is 0 Å². The van der Waals surface area contributed by atoms with Crippen LogP contribution in [0.25, 0.3) is 0 Å². The molecule has 0 saturated carbocycles. The van der Waals surface area contributed by atoms with Crippen LogP contribution in [0.2, 0.25) is 0 Å². The third-order valence-corrected chi connectivity index (χ3v) is 3.35. The lowest BCUT2D eigenvalue weighted by molar-refractivity contribution is -0.384. The highest BCUT2D eigenvalue weighted by molar-refractivity contribution is 5.64. The Kier molecular flexibility index (Phi) is 3.78. The average molecular weight is 250 g/mol. The van der Waals surface area contributed by atoms with Gasteiger partial charge in [-0.1, -0.05) is 12.1 Å². The minimum atomic E-state index is -0.332. The number of nitro groups is 1. The van der Waals surface area contributed by atoms with Crippen LogP contribution in [0.15, 0.2) is 24.3 Å². The predicted octanol–water partition coefficient (Wildman–Crippen LogP) is 0.674. The van der Waals surface area contributed by atoms with Crippen molar-refractivity contribution in [1.29, 1.82) is 0 Å². The molecule has 6 nitrogen and oxygen atoms in total. The maximum atomic E-state index is 11.1. The standard InChI is InChI=1S/C12H18N4O2/c1-14-6-7-15(10(8-13)9-14)11-4-2-3-5-12(11)16(17)18/h2-5,10H,6-9,13H2,1H3. The number of para-hydroxylation sites is 2. The summed E-state index contributed by atoms with van der Waals surface area (Å²) in [7, 11) is 2.04. The van der Waals surface area contributed by atoms with E-state index >= 15 is 0 Å². The molecule has 1 saturated heterocycles. The molecule has 1 aliphatic rings. The smallest absolute Gasteiger partial charge is 0.292 e. The maximum absolute atomic E-state index is 11.1. The average Bonchev–Trinajstić information content (AvgIpc) is 2.38. The van der Waals surface area contributed by atoms with E-state index in [0.29, 0.717) is 12.2 Å². The summed E-state index contributed by atoms with van der Waals surface area (Å²) in [6, 6.07) is 6.99. The molecular formula is C12H18N4O2. The molecule has 2 rings (SSSR count). The van der Waals surface area contributed by atoms with Crippen molar-refractivity contribution in [3.8, 4) is 0 Å². The Balaban J connectivity index is 2.32. The number of rotatable bonds is 3. The van der Waals surface area contributed by atoms with Gasteiger partial charge in [-0.3, -0.25) is 10.1 Å². The molecule has 2 N–H and O–H groups in total. The summed E-state index contributed by atoms with van der Waals surface area (Å²) < 4.78 is 0.